The number of rotatable bonds is 0. The molecule has 82 valence electrons. The number of hydrogen-bond donors (Lipinski definition) is 0. The topological polar surface area (TPSA) is 18.5 Å². The highest BCUT2D eigenvalue weighted by atomic mass is 79.9. The summed E-state index contributed by atoms with van der Waals surface area (Å²) in [6.45, 7) is 4.28. The molecular formula is C11H19BrO2. The van der Waals surface area contributed by atoms with E-state index in [0.717, 1.165) is 19.3 Å². The summed E-state index contributed by atoms with van der Waals surface area (Å²) >= 11 is 3.71. The van der Waals surface area contributed by atoms with E-state index in [1.54, 1.807) is 0 Å². The van der Waals surface area contributed by atoms with Gasteiger partial charge in [-0.05, 0) is 39.5 Å². The Labute approximate surface area is 94.5 Å². The largest absolute Gasteiger partial charge is 0.346 e. The number of hydrogen-bond acceptors (Lipinski definition) is 2. The van der Waals surface area contributed by atoms with E-state index in [9.17, 15) is 0 Å². The van der Waals surface area contributed by atoms with Gasteiger partial charge in [0.2, 0.25) is 0 Å². The van der Waals surface area contributed by atoms with E-state index >= 15 is 0 Å². The molecule has 0 saturated carbocycles. The highest BCUT2D eigenvalue weighted by molar-refractivity contribution is 9.09. The third-order valence-corrected chi connectivity index (χ3v) is 4.40. The molecule has 0 aromatic heterocycles. The Morgan fingerprint density at radius 2 is 1.71 bits per heavy atom. The highest BCUT2D eigenvalue weighted by Crippen LogP contribution is 2.42. The molecule has 2 aliphatic heterocycles. The Morgan fingerprint density at radius 3 is 2.36 bits per heavy atom. The third kappa shape index (κ3) is 2.00. The van der Waals surface area contributed by atoms with Gasteiger partial charge in [-0.2, -0.15) is 0 Å². The van der Waals surface area contributed by atoms with Crippen molar-refractivity contribution in [1.82, 2.24) is 0 Å². The monoisotopic (exact) mass is 262 g/mol. The molecule has 0 aromatic carbocycles. The minimum atomic E-state index is -0.324. The molecule has 3 heteroatoms. The van der Waals surface area contributed by atoms with Crippen LogP contribution in [0.5, 0.6) is 0 Å². The van der Waals surface area contributed by atoms with Crippen molar-refractivity contribution >= 4 is 15.9 Å². The van der Waals surface area contributed by atoms with Crippen LogP contribution in [0.15, 0.2) is 0 Å². The van der Waals surface area contributed by atoms with Crippen LogP contribution in [-0.2, 0) is 9.47 Å². The first kappa shape index (κ1) is 10.9. The molecule has 0 aromatic rings. The normalized spacial score (nSPS) is 49.5. The van der Waals surface area contributed by atoms with Gasteiger partial charge in [0.05, 0.1) is 17.0 Å². The SMILES string of the molecule is C[C@H]1CCC[C@@]2(O1)O[C@@H](C)CC[C@@H]2Br. The lowest BCUT2D eigenvalue weighted by Gasteiger charge is -2.47. The van der Waals surface area contributed by atoms with Gasteiger partial charge in [-0.3, -0.25) is 0 Å². The first-order valence-electron chi connectivity index (χ1n) is 5.62. The van der Waals surface area contributed by atoms with Gasteiger partial charge in [0.25, 0.3) is 0 Å². The zero-order valence-corrected chi connectivity index (χ0v) is 10.5. The van der Waals surface area contributed by atoms with Crippen LogP contribution in [-0.4, -0.2) is 22.8 Å². The molecule has 2 aliphatic rings. The van der Waals surface area contributed by atoms with Gasteiger partial charge in [-0.1, -0.05) is 15.9 Å². The van der Waals surface area contributed by atoms with Crippen molar-refractivity contribution in [2.75, 3.05) is 0 Å². The number of alkyl halides is 1. The predicted octanol–water partition coefficient (Wildman–Crippen LogP) is 3.23. The first-order valence-corrected chi connectivity index (χ1v) is 6.54. The summed E-state index contributed by atoms with van der Waals surface area (Å²) < 4.78 is 12.1. The number of ether oxygens (including phenoxy) is 2. The Balaban J connectivity index is 2.10. The maximum absolute atomic E-state index is 6.03. The molecule has 2 nitrogen and oxygen atoms in total. The minimum Gasteiger partial charge on any atom is -0.346 e. The molecule has 14 heavy (non-hydrogen) atoms. The van der Waals surface area contributed by atoms with E-state index in [1.807, 2.05) is 0 Å². The summed E-state index contributed by atoms with van der Waals surface area (Å²) in [4.78, 5) is 0.369. The lowest BCUT2D eigenvalue weighted by atomic mass is 9.93. The Bertz CT molecular complexity index is 201. The summed E-state index contributed by atoms with van der Waals surface area (Å²) in [5.41, 5.74) is 0. The second kappa shape index (κ2) is 4.11. The lowest BCUT2D eigenvalue weighted by molar-refractivity contribution is -0.304. The number of halogens is 1. The van der Waals surface area contributed by atoms with Crippen molar-refractivity contribution in [3.63, 3.8) is 0 Å². The van der Waals surface area contributed by atoms with E-state index < -0.39 is 0 Å². The van der Waals surface area contributed by atoms with Crippen molar-refractivity contribution in [3.8, 4) is 0 Å². The molecule has 2 fully saturated rings. The highest BCUT2D eigenvalue weighted by Gasteiger charge is 2.46. The maximum Gasteiger partial charge on any atom is 0.181 e. The molecule has 0 radical (unpaired) electrons. The van der Waals surface area contributed by atoms with Crippen LogP contribution in [0.1, 0.15) is 46.0 Å². The summed E-state index contributed by atoms with van der Waals surface area (Å²) in [5.74, 6) is -0.324. The van der Waals surface area contributed by atoms with Gasteiger partial charge >= 0.3 is 0 Å². The molecule has 0 bridgehead atoms. The van der Waals surface area contributed by atoms with Gasteiger partial charge in [0, 0.05) is 6.42 Å². The summed E-state index contributed by atoms with van der Waals surface area (Å²) in [6.07, 6.45) is 6.40. The van der Waals surface area contributed by atoms with E-state index in [-0.39, 0.29) is 5.79 Å². The zero-order chi connectivity index (χ0) is 10.2. The molecular weight excluding hydrogens is 244 g/mol. The molecule has 0 unspecified atom stereocenters. The second-order valence-corrected chi connectivity index (χ2v) is 5.71. The van der Waals surface area contributed by atoms with Crippen molar-refractivity contribution in [1.29, 1.82) is 0 Å². The molecule has 0 N–H and O–H groups in total. The van der Waals surface area contributed by atoms with Crippen LogP contribution >= 0.6 is 15.9 Å². The van der Waals surface area contributed by atoms with Crippen LogP contribution in [0.25, 0.3) is 0 Å². The summed E-state index contributed by atoms with van der Waals surface area (Å²) in [6, 6.07) is 0. The first-order chi connectivity index (χ1) is 6.62. The third-order valence-electron chi connectivity index (χ3n) is 3.24. The average molecular weight is 263 g/mol. The molecule has 2 saturated heterocycles. The van der Waals surface area contributed by atoms with E-state index in [1.165, 1.54) is 12.8 Å². The van der Waals surface area contributed by atoms with E-state index in [4.69, 9.17) is 9.47 Å². The standard InChI is InChI=1S/C11H19BrO2/c1-8-4-3-7-11(13-8)10(12)6-5-9(2)14-11/h8-10H,3-7H2,1-2H3/t8-,9-,10-,11+/m0/s1. The van der Waals surface area contributed by atoms with E-state index in [2.05, 4.69) is 29.8 Å². The van der Waals surface area contributed by atoms with Gasteiger partial charge in [-0.25, -0.2) is 0 Å². The van der Waals surface area contributed by atoms with Gasteiger partial charge in [0.1, 0.15) is 0 Å². The van der Waals surface area contributed by atoms with Crippen molar-refractivity contribution in [2.45, 2.75) is 68.8 Å². The smallest absolute Gasteiger partial charge is 0.181 e. The fourth-order valence-corrected chi connectivity index (χ4v) is 3.19. The van der Waals surface area contributed by atoms with Gasteiger partial charge in [-0.15, -0.1) is 0 Å². The molecule has 2 heterocycles. The van der Waals surface area contributed by atoms with Crippen LogP contribution in [0.4, 0.5) is 0 Å². The Morgan fingerprint density at radius 1 is 1.07 bits per heavy atom. The predicted molar refractivity (Wildman–Crippen MR) is 59.6 cm³/mol. The van der Waals surface area contributed by atoms with Crippen LogP contribution in [0.3, 0.4) is 0 Å². The Hall–Kier alpha value is 0.400. The van der Waals surface area contributed by atoms with Crippen LogP contribution < -0.4 is 0 Å². The molecule has 0 aliphatic carbocycles. The van der Waals surface area contributed by atoms with Crippen LogP contribution in [0, 0.1) is 0 Å². The minimum absolute atomic E-state index is 0.324. The zero-order valence-electron chi connectivity index (χ0n) is 8.96. The van der Waals surface area contributed by atoms with Crippen LogP contribution in [0.2, 0.25) is 0 Å². The fourth-order valence-electron chi connectivity index (χ4n) is 2.49. The van der Waals surface area contributed by atoms with Gasteiger partial charge in [0.15, 0.2) is 5.79 Å². The van der Waals surface area contributed by atoms with Gasteiger partial charge < -0.3 is 9.47 Å². The summed E-state index contributed by atoms with van der Waals surface area (Å²) in [7, 11) is 0. The average Bonchev–Trinajstić information content (AvgIpc) is 2.12. The van der Waals surface area contributed by atoms with Crippen molar-refractivity contribution in [2.24, 2.45) is 0 Å². The molecule has 2 rings (SSSR count). The second-order valence-electron chi connectivity index (χ2n) is 4.61. The van der Waals surface area contributed by atoms with Crippen molar-refractivity contribution in [3.05, 3.63) is 0 Å². The quantitative estimate of drug-likeness (QED) is 0.625. The molecule has 0 amide bonds. The van der Waals surface area contributed by atoms with Crippen molar-refractivity contribution < 1.29 is 9.47 Å². The maximum atomic E-state index is 6.03. The lowest BCUT2D eigenvalue weighted by Crippen LogP contribution is -2.53. The van der Waals surface area contributed by atoms with E-state index in [0.29, 0.717) is 17.0 Å². The summed E-state index contributed by atoms with van der Waals surface area (Å²) in [5, 5.41) is 0. The molecule has 4 atom stereocenters. The molecule has 1 spiro atoms. The fraction of sp³-hybridized carbons (Fsp3) is 1.00. The Kier molecular flexibility index (Phi) is 3.20.